The molecule has 2 aliphatic heterocycles. The van der Waals surface area contributed by atoms with Gasteiger partial charge in [0.25, 0.3) is 5.91 Å². The third-order valence-corrected chi connectivity index (χ3v) is 6.61. The molecule has 0 atom stereocenters. The summed E-state index contributed by atoms with van der Waals surface area (Å²) in [5.74, 6) is 0.864. The molecular weight excluding hydrogens is 388 g/mol. The van der Waals surface area contributed by atoms with Crippen LogP contribution < -0.4 is 4.74 Å². The molecule has 1 amide bonds. The smallest absolute Gasteiger partial charge is 0.273 e. The van der Waals surface area contributed by atoms with Crippen LogP contribution in [-0.2, 0) is 12.6 Å². The first-order chi connectivity index (χ1) is 15.2. The van der Waals surface area contributed by atoms with Crippen LogP contribution >= 0.6 is 0 Å². The second-order valence-corrected chi connectivity index (χ2v) is 8.30. The third-order valence-electron chi connectivity index (χ3n) is 6.61. The lowest BCUT2D eigenvalue weighted by molar-refractivity contribution is -0.00183. The number of amides is 1. The van der Waals surface area contributed by atoms with Gasteiger partial charge in [0.1, 0.15) is 17.0 Å². The van der Waals surface area contributed by atoms with Crippen LogP contribution in [0.3, 0.4) is 0 Å². The molecule has 4 heterocycles. The lowest BCUT2D eigenvalue weighted by Gasteiger charge is -2.44. The molecule has 0 bridgehead atoms. The maximum Gasteiger partial charge on any atom is 0.273 e. The number of nitrogens with zero attached hydrogens (tertiary/aromatic N) is 4. The van der Waals surface area contributed by atoms with Crippen molar-refractivity contribution in [2.45, 2.75) is 18.4 Å². The number of rotatable bonds is 1. The van der Waals surface area contributed by atoms with Crippen LogP contribution in [0.1, 0.15) is 28.9 Å². The number of carbonyl (C=O) groups excluding carboxylic acids is 1. The molecule has 2 aliphatic rings. The average molecular weight is 410 g/mol. The fourth-order valence-corrected chi connectivity index (χ4v) is 4.99. The number of carbonyl (C=O) groups is 1. The van der Waals surface area contributed by atoms with Gasteiger partial charge in [-0.15, -0.1) is 0 Å². The zero-order valence-electron chi connectivity index (χ0n) is 17.3. The molecule has 0 radical (unpaired) electrons. The minimum absolute atomic E-state index is 0.0192. The maximum atomic E-state index is 13.3. The zero-order chi connectivity index (χ0) is 21.0. The molecule has 31 heavy (non-hydrogen) atoms. The minimum Gasteiger partial charge on any atom is -0.482 e. The van der Waals surface area contributed by atoms with Crippen LogP contribution in [0.15, 0.2) is 67.0 Å². The summed E-state index contributed by atoms with van der Waals surface area (Å²) < 4.78 is 8.52. The van der Waals surface area contributed by atoms with Gasteiger partial charge in [-0.1, -0.05) is 36.4 Å². The highest BCUT2D eigenvalue weighted by molar-refractivity contribution is 6.05. The number of hydrogen-bond acceptors (Lipinski definition) is 4. The quantitative estimate of drug-likeness (QED) is 0.473. The van der Waals surface area contributed by atoms with E-state index in [1.807, 2.05) is 71.4 Å². The summed E-state index contributed by atoms with van der Waals surface area (Å²) in [5, 5.41) is 6.45. The second kappa shape index (κ2) is 6.67. The van der Waals surface area contributed by atoms with Gasteiger partial charge in [0.15, 0.2) is 0 Å². The lowest BCUT2D eigenvalue weighted by Crippen LogP contribution is -2.49. The summed E-state index contributed by atoms with van der Waals surface area (Å²) in [5.41, 5.74) is 3.36. The highest BCUT2D eigenvalue weighted by atomic mass is 16.5. The van der Waals surface area contributed by atoms with Crippen LogP contribution in [0.4, 0.5) is 0 Å². The first-order valence-electron chi connectivity index (χ1n) is 10.6. The van der Waals surface area contributed by atoms with Crippen molar-refractivity contribution in [1.82, 2.24) is 19.7 Å². The van der Waals surface area contributed by atoms with Crippen LogP contribution in [0, 0.1) is 0 Å². The second-order valence-electron chi connectivity index (χ2n) is 8.30. The summed E-state index contributed by atoms with van der Waals surface area (Å²) in [7, 11) is 1.97. The zero-order valence-corrected chi connectivity index (χ0v) is 17.3. The van der Waals surface area contributed by atoms with Crippen molar-refractivity contribution in [3.8, 4) is 17.0 Å². The first kappa shape index (κ1) is 18.1. The van der Waals surface area contributed by atoms with Crippen molar-refractivity contribution in [2.24, 2.45) is 7.05 Å². The molecule has 0 unspecified atom stereocenters. The number of hydrogen-bond donors (Lipinski definition) is 0. The van der Waals surface area contributed by atoms with E-state index in [4.69, 9.17) is 4.74 Å². The molecule has 1 spiro atoms. The van der Waals surface area contributed by atoms with Gasteiger partial charge >= 0.3 is 0 Å². The number of pyridine rings is 1. The molecule has 154 valence electrons. The Hall–Kier alpha value is -3.67. The largest absolute Gasteiger partial charge is 0.482 e. The molecule has 2 aromatic carbocycles. The number of aromatic nitrogens is 3. The fraction of sp³-hybridized carbons (Fsp3) is 0.240. The predicted molar refractivity (Wildman–Crippen MR) is 118 cm³/mol. The number of aryl methyl sites for hydroxylation is 1. The number of fused-ring (bicyclic) bond motifs is 5. The molecule has 1 saturated heterocycles. The normalized spacial score (nSPS) is 16.6. The summed E-state index contributed by atoms with van der Waals surface area (Å²) in [6, 6.07) is 18.0. The molecule has 4 aromatic rings. The molecular formula is C25H22N4O2. The molecule has 6 rings (SSSR count). The van der Waals surface area contributed by atoms with E-state index in [1.54, 1.807) is 6.20 Å². The Labute approximate surface area is 180 Å². The van der Waals surface area contributed by atoms with E-state index in [9.17, 15) is 4.79 Å². The Morgan fingerprint density at radius 3 is 2.68 bits per heavy atom. The van der Waals surface area contributed by atoms with Crippen molar-refractivity contribution < 1.29 is 9.53 Å². The first-order valence-corrected chi connectivity index (χ1v) is 10.6. The van der Waals surface area contributed by atoms with Gasteiger partial charge in [0, 0.05) is 55.7 Å². The van der Waals surface area contributed by atoms with E-state index >= 15 is 0 Å². The summed E-state index contributed by atoms with van der Waals surface area (Å²) in [6.45, 7) is 1.22. The average Bonchev–Trinajstić information content (AvgIpc) is 3.22. The molecule has 6 heteroatoms. The Balaban J connectivity index is 1.31. The van der Waals surface area contributed by atoms with Gasteiger partial charge in [-0.3, -0.25) is 14.5 Å². The van der Waals surface area contributed by atoms with Gasteiger partial charge < -0.3 is 9.64 Å². The Morgan fingerprint density at radius 2 is 1.81 bits per heavy atom. The van der Waals surface area contributed by atoms with E-state index in [-0.39, 0.29) is 5.91 Å². The van der Waals surface area contributed by atoms with Gasteiger partial charge in [-0.05, 0) is 23.6 Å². The third kappa shape index (κ3) is 2.68. The highest BCUT2D eigenvalue weighted by Crippen LogP contribution is 2.49. The van der Waals surface area contributed by atoms with E-state index in [2.05, 4.69) is 16.1 Å². The monoisotopic (exact) mass is 410 g/mol. The van der Waals surface area contributed by atoms with E-state index < -0.39 is 5.60 Å². The summed E-state index contributed by atoms with van der Waals surface area (Å²) in [6.07, 6.45) is 5.08. The number of para-hydroxylation sites is 1. The van der Waals surface area contributed by atoms with Crippen LogP contribution in [0.25, 0.3) is 22.0 Å². The summed E-state index contributed by atoms with van der Waals surface area (Å²) in [4.78, 5) is 19.7. The summed E-state index contributed by atoms with van der Waals surface area (Å²) >= 11 is 0. The number of likely N-dealkylation sites (tertiary alicyclic amines) is 1. The van der Waals surface area contributed by atoms with E-state index in [0.717, 1.165) is 46.2 Å². The lowest BCUT2D eigenvalue weighted by atomic mass is 9.81. The highest BCUT2D eigenvalue weighted by Gasteiger charge is 2.46. The molecule has 0 saturated carbocycles. The van der Waals surface area contributed by atoms with Crippen molar-refractivity contribution in [1.29, 1.82) is 0 Å². The van der Waals surface area contributed by atoms with Crippen molar-refractivity contribution in [3.63, 3.8) is 0 Å². The molecule has 1 fully saturated rings. The number of ether oxygens (including phenoxy) is 1. The predicted octanol–water partition coefficient (Wildman–Crippen LogP) is 4.16. The van der Waals surface area contributed by atoms with Crippen molar-refractivity contribution in [3.05, 3.63) is 78.2 Å². The van der Waals surface area contributed by atoms with Gasteiger partial charge in [-0.2, -0.15) is 5.10 Å². The maximum absolute atomic E-state index is 13.3. The van der Waals surface area contributed by atoms with Crippen LogP contribution in [-0.4, -0.2) is 38.7 Å². The Morgan fingerprint density at radius 1 is 1.03 bits per heavy atom. The molecule has 6 nitrogen and oxygen atoms in total. The van der Waals surface area contributed by atoms with Crippen LogP contribution in [0.5, 0.6) is 5.75 Å². The minimum atomic E-state index is -0.457. The Kier molecular flexibility index (Phi) is 3.90. The number of piperidine rings is 1. The van der Waals surface area contributed by atoms with Crippen molar-refractivity contribution >= 4 is 16.7 Å². The number of benzene rings is 2. The SMILES string of the molecule is Cn1ncc2c1-c1ccccc1OC21CCN(C(=O)c2nccc3ccccc23)CC1. The standard InChI is InChI=1S/C25H22N4O2/c1-28-23-19-8-4-5-9-21(19)31-25(20(23)16-27-28)11-14-29(15-12-25)24(30)22-18-7-3-2-6-17(18)10-13-26-22/h2-10,13,16H,11-12,14-15H2,1H3. The van der Waals surface area contributed by atoms with Crippen LogP contribution in [0.2, 0.25) is 0 Å². The van der Waals surface area contributed by atoms with Gasteiger partial charge in [-0.25, -0.2) is 0 Å². The van der Waals surface area contributed by atoms with E-state index in [0.29, 0.717) is 18.8 Å². The molecule has 0 N–H and O–H groups in total. The Bertz CT molecular complexity index is 1310. The van der Waals surface area contributed by atoms with E-state index in [1.165, 1.54) is 0 Å². The van der Waals surface area contributed by atoms with Gasteiger partial charge in [0.05, 0.1) is 11.9 Å². The molecule has 0 aliphatic carbocycles. The fourth-order valence-electron chi connectivity index (χ4n) is 4.99. The topological polar surface area (TPSA) is 60.2 Å². The molecule has 2 aromatic heterocycles. The van der Waals surface area contributed by atoms with Crippen molar-refractivity contribution in [2.75, 3.05) is 13.1 Å². The van der Waals surface area contributed by atoms with Gasteiger partial charge in [0.2, 0.25) is 0 Å².